The Morgan fingerprint density at radius 2 is 2.33 bits per heavy atom. The van der Waals surface area contributed by atoms with Gasteiger partial charge in [0.15, 0.2) is 0 Å². The van der Waals surface area contributed by atoms with E-state index in [2.05, 4.69) is 17.2 Å². The van der Waals surface area contributed by atoms with Gasteiger partial charge in [-0.15, -0.1) is 11.3 Å². The second-order valence-corrected chi connectivity index (χ2v) is 5.18. The second-order valence-electron chi connectivity index (χ2n) is 4.04. The van der Waals surface area contributed by atoms with Gasteiger partial charge < -0.3 is 10.4 Å². The number of rotatable bonds is 7. The van der Waals surface area contributed by atoms with Crippen LogP contribution in [0, 0.1) is 0 Å². The van der Waals surface area contributed by atoms with E-state index in [1.54, 1.807) is 17.4 Å². The van der Waals surface area contributed by atoms with Crippen molar-refractivity contribution in [1.82, 2.24) is 10.3 Å². The summed E-state index contributed by atoms with van der Waals surface area (Å²) in [6, 6.07) is 0.151. The largest absolute Gasteiger partial charge is 0.478 e. The minimum absolute atomic E-state index is 0.151. The molecular weight excluding hydrogens is 248 g/mol. The van der Waals surface area contributed by atoms with E-state index in [1.165, 1.54) is 4.88 Å². The molecule has 0 amide bonds. The average Bonchev–Trinajstić information content (AvgIpc) is 2.82. The maximum Gasteiger partial charge on any atom is 0.331 e. The minimum atomic E-state index is -0.838. The molecule has 0 aromatic carbocycles. The third-order valence-electron chi connectivity index (χ3n) is 2.72. The molecule has 18 heavy (non-hydrogen) atoms. The Kier molecular flexibility index (Phi) is 6.01. The zero-order valence-corrected chi connectivity index (χ0v) is 11.9. The molecule has 1 aromatic rings. The maximum absolute atomic E-state index is 10.8. The lowest BCUT2D eigenvalue weighted by Crippen LogP contribution is -2.19. The van der Waals surface area contributed by atoms with Gasteiger partial charge in [-0.2, -0.15) is 0 Å². The van der Waals surface area contributed by atoms with E-state index in [0.717, 1.165) is 11.4 Å². The molecule has 0 radical (unpaired) electrons. The van der Waals surface area contributed by atoms with E-state index in [4.69, 9.17) is 5.11 Å². The van der Waals surface area contributed by atoms with Gasteiger partial charge in [0, 0.05) is 23.2 Å². The summed E-state index contributed by atoms with van der Waals surface area (Å²) in [5.74, 6) is -0.838. The van der Waals surface area contributed by atoms with E-state index in [9.17, 15) is 4.79 Å². The fourth-order valence-electron chi connectivity index (χ4n) is 1.52. The number of carboxylic acids is 1. The fraction of sp³-hybridized carbons (Fsp3) is 0.538. The number of nitrogens with zero attached hydrogens (tertiary/aromatic N) is 1. The van der Waals surface area contributed by atoms with Gasteiger partial charge in [-0.25, -0.2) is 9.78 Å². The molecule has 0 spiro atoms. The third-order valence-corrected chi connectivity index (χ3v) is 4.04. The number of nitrogens with one attached hydrogen (secondary N) is 1. The van der Waals surface area contributed by atoms with Gasteiger partial charge in [0.2, 0.25) is 0 Å². The Morgan fingerprint density at radius 3 is 2.83 bits per heavy atom. The monoisotopic (exact) mass is 268 g/mol. The molecule has 1 atom stereocenters. The van der Waals surface area contributed by atoms with Crippen LogP contribution in [0.4, 0.5) is 0 Å². The maximum atomic E-state index is 10.8. The molecule has 0 saturated carbocycles. The van der Waals surface area contributed by atoms with Crippen LogP contribution in [0.1, 0.15) is 43.1 Å². The number of hydrogen-bond donors (Lipinski definition) is 2. The Labute approximate surface area is 112 Å². The van der Waals surface area contributed by atoms with Crippen LogP contribution < -0.4 is 5.32 Å². The number of thiazole rings is 1. The lowest BCUT2D eigenvalue weighted by atomic mass is 10.2. The van der Waals surface area contributed by atoms with E-state index in [1.807, 2.05) is 20.0 Å². The summed E-state index contributed by atoms with van der Waals surface area (Å²) in [7, 11) is 0. The van der Waals surface area contributed by atoms with Crippen molar-refractivity contribution in [2.24, 2.45) is 0 Å². The topological polar surface area (TPSA) is 62.2 Å². The number of hydrogen-bond acceptors (Lipinski definition) is 4. The van der Waals surface area contributed by atoms with Crippen LogP contribution in [0.2, 0.25) is 0 Å². The molecule has 0 bridgehead atoms. The normalized spacial score (nSPS) is 13.6. The van der Waals surface area contributed by atoms with Gasteiger partial charge in [-0.05, 0) is 19.8 Å². The quantitative estimate of drug-likeness (QED) is 0.746. The first-order valence-electron chi connectivity index (χ1n) is 6.18. The Hall–Kier alpha value is -1.20. The van der Waals surface area contributed by atoms with Crippen molar-refractivity contribution in [2.75, 3.05) is 6.54 Å². The summed E-state index contributed by atoms with van der Waals surface area (Å²) in [5, 5.41) is 13.2. The zero-order chi connectivity index (χ0) is 13.5. The van der Waals surface area contributed by atoms with Crippen molar-refractivity contribution in [3.8, 4) is 0 Å². The summed E-state index contributed by atoms with van der Waals surface area (Å²) in [6.45, 7) is 6.55. The number of carboxylic acid groups (broad SMARTS) is 1. The second kappa shape index (κ2) is 7.28. The molecule has 4 nitrogen and oxygen atoms in total. The highest BCUT2D eigenvalue weighted by molar-refractivity contribution is 7.11. The number of aliphatic carboxylic acids is 1. The van der Waals surface area contributed by atoms with Crippen molar-refractivity contribution in [3.05, 3.63) is 27.7 Å². The molecular formula is C13H20N2O2S. The first kappa shape index (κ1) is 14.9. The molecule has 0 fully saturated rings. The summed E-state index contributed by atoms with van der Waals surface area (Å²) >= 11 is 1.70. The fourth-order valence-corrected chi connectivity index (χ4v) is 2.40. The Bertz CT molecular complexity index is 426. The SMILES string of the molecule is CC/C(=C/CNC(C)c1ncc(CC)s1)C(=O)O. The van der Waals surface area contributed by atoms with E-state index in [-0.39, 0.29) is 6.04 Å². The molecule has 1 unspecified atom stereocenters. The summed E-state index contributed by atoms with van der Waals surface area (Å²) in [6.07, 6.45) is 5.18. The van der Waals surface area contributed by atoms with Crippen LogP contribution in [-0.4, -0.2) is 22.6 Å². The van der Waals surface area contributed by atoms with Crippen LogP contribution in [0.15, 0.2) is 17.8 Å². The van der Waals surface area contributed by atoms with Crippen molar-refractivity contribution in [3.63, 3.8) is 0 Å². The minimum Gasteiger partial charge on any atom is -0.478 e. The molecule has 1 heterocycles. The predicted molar refractivity (Wildman–Crippen MR) is 73.9 cm³/mol. The lowest BCUT2D eigenvalue weighted by molar-refractivity contribution is -0.132. The van der Waals surface area contributed by atoms with Gasteiger partial charge in [0.05, 0.1) is 6.04 Å². The van der Waals surface area contributed by atoms with E-state index >= 15 is 0 Å². The van der Waals surface area contributed by atoms with Gasteiger partial charge in [0.1, 0.15) is 5.01 Å². The van der Waals surface area contributed by atoms with E-state index < -0.39 is 5.97 Å². The first-order chi connectivity index (χ1) is 8.58. The van der Waals surface area contributed by atoms with Crippen LogP contribution in [-0.2, 0) is 11.2 Å². The average molecular weight is 268 g/mol. The molecule has 1 rings (SSSR count). The molecule has 100 valence electrons. The van der Waals surface area contributed by atoms with Crippen molar-refractivity contribution >= 4 is 17.3 Å². The molecule has 0 aliphatic heterocycles. The van der Waals surface area contributed by atoms with Crippen LogP contribution >= 0.6 is 11.3 Å². The summed E-state index contributed by atoms with van der Waals surface area (Å²) in [4.78, 5) is 16.4. The highest BCUT2D eigenvalue weighted by atomic mass is 32.1. The summed E-state index contributed by atoms with van der Waals surface area (Å²) in [5.41, 5.74) is 0.447. The Morgan fingerprint density at radius 1 is 1.61 bits per heavy atom. The molecule has 0 aliphatic carbocycles. The van der Waals surface area contributed by atoms with Gasteiger partial charge in [-0.1, -0.05) is 19.9 Å². The van der Waals surface area contributed by atoms with Crippen LogP contribution in [0.5, 0.6) is 0 Å². The highest BCUT2D eigenvalue weighted by Gasteiger charge is 2.09. The van der Waals surface area contributed by atoms with Gasteiger partial charge in [-0.3, -0.25) is 0 Å². The third kappa shape index (κ3) is 4.23. The predicted octanol–water partition coefficient (Wildman–Crippen LogP) is 2.78. The molecule has 0 saturated heterocycles. The van der Waals surface area contributed by atoms with Crippen molar-refractivity contribution in [2.45, 2.75) is 39.7 Å². The smallest absolute Gasteiger partial charge is 0.331 e. The Balaban J connectivity index is 2.50. The molecule has 5 heteroatoms. The zero-order valence-electron chi connectivity index (χ0n) is 11.1. The summed E-state index contributed by atoms with van der Waals surface area (Å²) < 4.78 is 0. The highest BCUT2D eigenvalue weighted by Crippen LogP contribution is 2.19. The standard InChI is InChI=1S/C13H20N2O2S/c1-4-10(13(16)17)6-7-14-9(3)12-15-8-11(5-2)18-12/h6,8-9,14H,4-5,7H2,1-3H3,(H,16,17)/b10-6-. The number of carbonyl (C=O) groups is 1. The molecule has 0 aliphatic rings. The number of aryl methyl sites for hydroxylation is 1. The number of aromatic nitrogens is 1. The van der Waals surface area contributed by atoms with Crippen LogP contribution in [0.25, 0.3) is 0 Å². The van der Waals surface area contributed by atoms with Gasteiger partial charge >= 0.3 is 5.97 Å². The van der Waals surface area contributed by atoms with E-state index in [0.29, 0.717) is 18.5 Å². The lowest BCUT2D eigenvalue weighted by Gasteiger charge is -2.09. The van der Waals surface area contributed by atoms with Gasteiger partial charge in [0.25, 0.3) is 0 Å². The van der Waals surface area contributed by atoms with Crippen LogP contribution in [0.3, 0.4) is 0 Å². The van der Waals surface area contributed by atoms with Crippen molar-refractivity contribution in [1.29, 1.82) is 0 Å². The first-order valence-corrected chi connectivity index (χ1v) is 7.00. The molecule has 2 N–H and O–H groups in total. The molecule has 1 aromatic heterocycles. The van der Waals surface area contributed by atoms with Crippen molar-refractivity contribution < 1.29 is 9.90 Å².